The van der Waals surface area contributed by atoms with E-state index in [0.29, 0.717) is 41.6 Å². The van der Waals surface area contributed by atoms with Gasteiger partial charge in [-0.2, -0.15) is 5.10 Å². The zero-order valence-corrected chi connectivity index (χ0v) is 19.7. The lowest BCUT2D eigenvalue weighted by Crippen LogP contribution is -2.31. The van der Waals surface area contributed by atoms with Crippen LogP contribution in [0.3, 0.4) is 0 Å². The molecule has 8 nitrogen and oxygen atoms in total. The van der Waals surface area contributed by atoms with Crippen molar-refractivity contribution in [3.8, 4) is 22.8 Å². The van der Waals surface area contributed by atoms with E-state index in [1.165, 1.54) is 0 Å². The second-order valence-corrected chi connectivity index (χ2v) is 8.41. The van der Waals surface area contributed by atoms with Crippen LogP contribution in [0.2, 0.25) is 0 Å². The number of carbonyl (C=O) groups is 1. The van der Waals surface area contributed by atoms with Crippen LogP contribution in [0.4, 0.5) is 0 Å². The van der Waals surface area contributed by atoms with Gasteiger partial charge < -0.3 is 18.9 Å². The van der Waals surface area contributed by atoms with Crippen LogP contribution in [-0.4, -0.2) is 32.5 Å². The van der Waals surface area contributed by atoms with E-state index >= 15 is 0 Å². The molecule has 1 aliphatic heterocycles. The molecule has 0 bridgehead atoms. The zero-order chi connectivity index (χ0) is 23.8. The van der Waals surface area contributed by atoms with Gasteiger partial charge in [0.1, 0.15) is 11.5 Å². The predicted molar refractivity (Wildman–Crippen MR) is 126 cm³/mol. The molecular formula is C26H26N4O4. The molecule has 1 amide bonds. The Morgan fingerprint density at radius 2 is 1.82 bits per heavy atom. The highest BCUT2D eigenvalue weighted by atomic mass is 16.7. The average Bonchev–Trinajstić information content (AvgIpc) is 3.52. The van der Waals surface area contributed by atoms with Gasteiger partial charge in [-0.15, -0.1) is 0 Å². The molecule has 3 heterocycles. The molecule has 0 aliphatic carbocycles. The van der Waals surface area contributed by atoms with E-state index in [1.807, 2.05) is 76.3 Å². The first-order chi connectivity index (χ1) is 16.4. The van der Waals surface area contributed by atoms with Crippen LogP contribution < -0.4 is 9.47 Å². The van der Waals surface area contributed by atoms with Crippen molar-refractivity contribution in [1.29, 1.82) is 0 Å². The summed E-state index contributed by atoms with van der Waals surface area (Å²) in [6.45, 7) is 6.45. The van der Waals surface area contributed by atoms with Gasteiger partial charge in [0.05, 0.1) is 24.3 Å². The molecule has 0 unspecified atom stereocenters. The molecule has 2 aromatic heterocycles. The standard InChI is InChI=1S/C26H26N4O4/c1-16-23(17(2)29(4)27-16)26(31)30(13-20-11-8-12-22-25(20)33-15-32-22)14-21-18(3)34-28-24(21)19-9-6-5-7-10-19/h5-12H,13-15H2,1-4H3. The Morgan fingerprint density at radius 3 is 2.56 bits per heavy atom. The van der Waals surface area contributed by atoms with Crippen LogP contribution >= 0.6 is 0 Å². The molecule has 0 radical (unpaired) electrons. The fourth-order valence-electron chi connectivity index (χ4n) is 4.35. The number of para-hydroxylation sites is 1. The van der Waals surface area contributed by atoms with Gasteiger partial charge >= 0.3 is 0 Å². The molecule has 34 heavy (non-hydrogen) atoms. The molecule has 0 saturated heterocycles. The van der Waals surface area contributed by atoms with Crippen molar-refractivity contribution in [2.75, 3.05) is 6.79 Å². The Hall–Kier alpha value is -4.07. The molecule has 2 aromatic carbocycles. The van der Waals surface area contributed by atoms with Gasteiger partial charge in [-0.1, -0.05) is 47.6 Å². The lowest BCUT2D eigenvalue weighted by molar-refractivity contribution is 0.0726. The van der Waals surface area contributed by atoms with Gasteiger partial charge in [0, 0.05) is 29.4 Å². The Kier molecular flexibility index (Phi) is 5.57. The topological polar surface area (TPSA) is 82.6 Å². The Balaban J connectivity index is 1.56. The summed E-state index contributed by atoms with van der Waals surface area (Å²) in [6.07, 6.45) is 0. The van der Waals surface area contributed by atoms with Gasteiger partial charge in [-0.25, -0.2) is 0 Å². The number of benzene rings is 2. The van der Waals surface area contributed by atoms with Crippen molar-refractivity contribution in [2.45, 2.75) is 33.9 Å². The zero-order valence-electron chi connectivity index (χ0n) is 19.7. The van der Waals surface area contributed by atoms with E-state index in [0.717, 1.165) is 28.1 Å². The summed E-state index contributed by atoms with van der Waals surface area (Å²) >= 11 is 0. The number of ether oxygens (including phenoxy) is 2. The number of aromatic nitrogens is 3. The van der Waals surface area contributed by atoms with E-state index < -0.39 is 0 Å². The molecule has 0 spiro atoms. The molecule has 5 rings (SSSR count). The molecule has 4 aromatic rings. The molecule has 0 N–H and O–H groups in total. The molecule has 174 valence electrons. The van der Waals surface area contributed by atoms with E-state index in [2.05, 4.69) is 10.3 Å². The quantitative estimate of drug-likeness (QED) is 0.421. The molecule has 0 saturated carbocycles. The number of aryl methyl sites for hydroxylation is 3. The fraction of sp³-hybridized carbons (Fsp3) is 0.269. The lowest BCUT2D eigenvalue weighted by Gasteiger charge is -2.24. The van der Waals surface area contributed by atoms with Crippen molar-refractivity contribution in [3.63, 3.8) is 0 Å². The third kappa shape index (κ3) is 3.81. The van der Waals surface area contributed by atoms with Crippen LogP contribution in [0.5, 0.6) is 11.5 Å². The van der Waals surface area contributed by atoms with Crippen molar-refractivity contribution < 1.29 is 18.8 Å². The number of rotatable bonds is 6. The highest BCUT2D eigenvalue weighted by Gasteiger charge is 2.28. The molecule has 1 aliphatic rings. The Labute approximate surface area is 197 Å². The van der Waals surface area contributed by atoms with Crippen LogP contribution in [0.25, 0.3) is 11.3 Å². The minimum absolute atomic E-state index is 0.112. The van der Waals surface area contributed by atoms with Gasteiger partial charge in [0.15, 0.2) is 11.5 Å². The first kappa shape index (κ1) is 21.8. The molecular weight excluding hydrogens is 432 g/mol. The maximum absolute atomic E-state index is 13.9. The third-order valence-corrected chi connectivity index (χ3v) is 6.23. The number of hydrogen-bond donors (Lipinski definition) is 0. The first-order valence-corrected chi connectivity index (χ1v) is 11.1. The maximum atomic E-state index is 13.9. The highest BCUT2D eigenvalue weighted by Crippen LogP contribution is 2.37. The van der Waals surface area contributed by atoms with Crippen molar-refractivity contribution in [3.05, 3.63) is 82.4 Å². The van der Waals surface area contributed by atoms with E-state index in [9.17, 15) is 4.79 Å². The Bertz CT molecular complexity index is 1360. The summed E-state index contributed by atoms with van der Waals surface area (Å²) in [7, 11) is 1.84. The SMILES string of the molecule is Cc1nn(C)c(C)c1C(=O)N(Cc1cccc2c1OCO2)Cc1c(-c2ccccc2)noc1C. The summed E-state index contributed by atoms with van der Waals surface area (Å²) in [4.78, 5) is 15.7. The summed E-state index contributed by atoms with van der Waals surface area (Å²) < 4.78 is 18.6. The summed E-state index contributed by atoms with van der Waals surface area (Å²) in [5, 5.41) is 8.75. The summed E-state index contributed by atoms with van der Waals surface area (Å²) in [6, 6.07) is 15.6. The van der Waals surface area contributed by atoms with Crippen LogP contribution in [0, 0.1) is 20.8 Å². The smallest absolute Gasteiger partial charge is 0.258 e. The Morgan fingerprint density at radius 1 is 1.03 bits per heavy atom. The summed E-state index contributed by atoms with van der Waals surface area (Å²) in [5.74, 6) is 1.92. The fourth-order valence-corrected chi connectivity index (χ4v) is 4.35. The largest absolute Gasteiger partial charge is 0.454 e. The predicted octanol–water partition coefficient (Wildman–Crippen LogP) is 4.57. The number of amides is 1. The number of hydrogen-bond acceptors (Lipinski definition) is 6. The normalized spacial score (nSPS) is 12.2. The maximum Gasteiger partial charge on any atom is 0.258 e. The summed E-state index contributed by atoms with van der Waals surface area (Å²) in [5.41, 5.74) is 5.51. The van der Waals surface area contributed by atoms with Gasteiger partial charge in [0.2, 0.25) is 6.79 Å². The minimum Gasteiger partial charge on any atom is -0.454 e. The van der Waals surface area contributed by atoms with E-state index in [-0.39, 0.29) is 12.7 Å². The number of carbonyl (C=O) groups excluding carboxylic acids is 1. The third-order valence-electron chi connectivity index (χ3n) is 6.23. The van der Waals surface area contributed by atoms with Crippen molar-refractivity contribution in [2.24, 2.45) is 7.05 Å². The van der Waals surface area contributed by atoms with Crippen LogP contribution in [-0.2, 0) is 20.1 Å². The second-order valence-electron chi connectivity index (χ2n) is 8.41. The van der Waals surface area contributed by atoms with E-state index in [1.54, 1.807) is 9.58 Å². The van der Waals surface area contributed by atoms with Gasteiger partial charge in [0.25, 0.3) is 5.91 Å². The molecule has 8 heteroatoms. The molecule has 0 fully saturated rings. The van der Waals surface area contributed by atoms with Gasteiger partial charge in [-0.05, 0) is 26.8 Å². The monoisotopic (exact) mass is 458 g/mol. The van der Waals surface area contributed by atoms with Crippen LogP contribution in [0.1, 0.15) is 38.6 Å². The number of fused-ring (bicyclic) bond motifs is 1. The van der Waals surface area contributed by atoms with Crippen LogP contribution in [0.15, 0.2) is 53.1 Å². The molecule has 0 atom stereocenters. The lowest BCUT2D eigenvalue weighted by atomic mass is 10.0. The van der Waals surface area contributed by atoms with Crippen molar-refractivity contribution in [1.82, 2.24) is 19.8 Å². The van der Waals surface area contributed by atoms with E-state index in [4.69, 9.17) is 14.0 Å². The average molecular weight is 459 g/mol. The first-order valence-electron chi connectivity index (χ1n) is 11.1. The number of nitrogens with zero attached hydrogens (tertiary/aromatic N) is 4. The minimum atomic E-state index is -0.112. The van der Waals surface area contributed by atoms with Gasteiger partial charge in [-0.3, -0.25) is 9.48 Å². The van der Waals surface area contributed by atoms with Crippen molar-refractivity contribution >= 4 is 5.91 Å². The second kappa shape index (κ2) is 8.70. The highest BCUT2D eigenvalue weighted by molar-refractivity contribution is 5.96.